The molecule has 23 heavy (non-hydrogen) atoms. The first-order valence-electron chi connectivity index (χ1n) is 8.76. The van der Waals surface area contributed by atoms with E-state index in [-0.39, 0.29) is 17.7 Å². The van der Waals surface area contributed by atoms with Crippen molar-refractivity contribution < 1.29 is 9.59 Å². The minimum atomic E-state index is -0.305. The summed E-state index contributed by atoms with van der Waals surface area (Å²) in [5, 5.41) is 0. The lowest BCUT2D eigenvalue weighted by Crippen LogP contribution is -2.46. The third-order valence-electron chi connectivity index (χ3n) is 5.22. The molecule has 2 saturated carbocycles. The predicted octanol–water partition coefficient (Wildman–Crippen LogP) is 2.96. The average Bonchev–Trinajstić information content (AvgIpc) is 3.41. The topological polar surface area (TPSA) is 49.7 Å². The van der Waals surface area contributed by atoms with Crippen molar-refractivity contribution in [2.75, 3.05) is 0 Å². The zero-order valence-electron chi connectivity index (χ0n) is 13.3. The van der Waals surface area contributed by atoms with Gasteiger partial charge >= 0.3 is 0 Å². The zero-order valence-corrected chi connectivity index (χ0v) is 13.3. The summed E-state index contributed by atoms with van der Waals surface area (Å²) in [5.41, 5.74) is 1.22. The maximum absolute atomic E-state index is 13.1. The zero-order chi connectivity index (χ0) is 15.8. The van der Waals surface area contributed by atoms with E-state index in [4.69, 9.17) is 0 Å². The Bertz CT molecular complexity index is 646. The molecule has 4 nitrogen and oxygen atoms in total. The van der Waals surface area contributed by atoms with E-state index < -0.39 is 0 Å². The first-order chi connectivity index (χ1) is 11.2. The third kappa shape index (κ3) is 2.82. The Morgan fingerprint density at radius 1 is 1.04 bits per heavy atom. The molecule has 3 aliphatic carbocycles. The first-order valence-corrected chi connectivity index (χ1v) is 8.76. The molecule has 1 heterocycles. The summed E-state index contributed by atoms with van der Waals surface area (Å²) in [7, 11) is 0. The van der Waals surface area contributed by atoms with Gasteiger partial charge in [-0.3, -0.25) is 9.59 Å². The maximum atomic E-state index is 13.1. The number of hydrogen-bond acceptors (Lipinski definition) is 2. The SMILES string of the molecule is O=C1N=C(C(=O)N(C2CCCCC2)C2CC2)C=C2C=CC=CC12. The average molecular weight is 310 g/mol. The summed E-state index contributed by atoms with van der Waals surface area (Å²) >= 11 is 0. The Morgan fingerprint density at radius 2 is 1.78 bits per heavy atom. The molecule has 1 unspecified atom stereocenters. The molecule has 0 aromatic heterocycles. The molecule has 1 aliphatic heterocycles. The van der Waals surface area contributed by atoms with Gasteiger partial charge in [-0.25, -0.2) is 4.99 Å². The Kier molecular flexibility index (Phi) is 3.76. The molecule has 2 fully saturated rings. The smallest absolute Gasteiger partial charge is 0.273 e. The highest BCUT2D eigenvalue weighted by molar-refractivity contribution is 6.45. The van der Waals surface area contributed by atoms with Gasteiger partial charge in [0.15, 0.2) is 0 Å². The van der Waals surface area contributed by atoms with Crippen LogP contribution >= 0.6 is 0 Å². The lowest BCUT2D eigenvalue weighted by atomic mass is 9.90. The number of fused-ring (bicyclic) bond motifs is 1. The van der Waals surface area contributed by atoms with Crippen LogP contribution in [0, 0.1) is 5.92 Å². The van der Waals surface area contributed by atoms with Crippen molar-refractivity contribution in [2.24, 2.45) is 10.9 Å². The van der Waals surface area contributed by atoms with Gasteiger partial charge in [-0.15, -0.1) is 0 Å². The van der Waals surface area contributed by atoms with Crippen molar-refractivity contribution in [3.05, 3.63) is 36.0 Å². The number of aliphatic imine (C=N–C) groups is 1. The van der Waals surface area contributed by atoms with Gasteiger partial charge in [0.25, 0.3) is 11.8 Å². The molecule has 4 rings (SSSR count). The number of hydrogen-bond donors (Lipinski definition) is 0. The molecule has 4 aliphatic rings. The quantitative estimate of drug-likeness (QED) is 0.804. The van der Waals surface area contributed by atoms with Crippen LogP contribution in [0.25, 0.3) is 0 Å². The van der Waals surface area contributed by atoms with Gasteiger partial charge in [0.05, 0.1) is 5.92 Å². The predicted molar refractivity (Wildman–Crippen MR) is 89.0 cm³/mol. The van der Waals surface area contributed by atoms with Crippen LogP contribution in [0.2, 0.25) is 0 Å². The standard InChI is InChI=1S/C19H22N2O2/c22-18-16-9-5-4-6-13(16)12-17(20-18)19(23)21(15-10-11-15)14-7-2-1-3-8-14/h4-6,9,12,14-16H,1-3,7-8,10-11H2. The Hall–Kier alpha value is -1.97. The van der Waals surface area contributed by atoms with E-state index in [1.807, 2.05) is 35.3 Å². The van der Waals surface area contributed by atoms with E-state index in [1.54, 1.807) is 0 Å². The minimum absolute atomic E-state index is 0.0401. The van der Waals surface area contributed by atoms with E-state index in [9.17, 15) is 9.59 Å². The second-order valence-corrected chi connectivity index (χ2v) is 6.94. The first kappa shape index (κ1) is 14.6. The highest BCUT2D eigenvalue weighted by Crippen LogP contribution is 2.34. The van der Waals surface area contributed by atoms with E-state index in [0.29, 0.717) is 17.8 Å². The van der Waals surface area contributed by atoms with E-state index >= 15 is 0 Å². The van der Waals surface area contributed by atoms with Crippen molar-refractivity contribution in [3.63, 3.8) is 0 Å². The van der Waals surface area contributed by atoms with Crippen LogP contribution in [0.3, 0.4) is 0 Å². The number of nitrogens with zero attached hydrogens (tertiary/aromatic N) is 2. The number of amides is 2. The summed E-state index contributed by atoms with van der Waals surface area (Å²) in [6, 6.07) is 0.695. The molecule has 0 aromatic carbocycles. The number of allylic oxidation sites excluding steroid dienone is 3. The summed E-state index contributed by atoms with van der Waals surface area (Å²) in [5.74, 6) is -0.562. The van der Waals surface area contributed by atoms with Gasteiger partial charge in [0, 0.05) is 12.1 Å². The van der Waals surface area contributed by atoms with Crippen LogP contribution in [0.1, 0.15) is 44.9 Å². The largest absolute Gasteiger partial charge is 0.331 e. The molecule has 120 valence electrons. The molecule has 0 radical (unpaired) electrons. The summed E-state index contributed by atoms with van der Waals surface area (Å²) in [6.07, 6.45) is 17.4. The van der Waals surface area contributed by atoms with Crippen molar-refractivity contribution in [1.29, 1.82) is 0 Å². The van der Waals surface area contributed by atoms with Crippen molar-refractivity contribution in [2.45, 2.75) is 57.0 Å². The van der Waals surface area contributed by atoms with Gasteiger partial charge in [-0.1, -0.05) is 43.6 Å². The molecule has 0 bridgehead atoms. The molecule has 0 spiro atoms. The molecule has 4 heteroatoms. The van der Waals surface area contributed by atoms with Crippen LogP contribution in [0.5, 0.6) is 0 Å². The van der Waals surface area contributed by atoms with Crippen LogP contribution in [-0.4, -0.2) is 34.5 Å². The molecule has 2 amide bonds. The lowest BCUT2D eigenvalue weighted by Gasteiger charge is -2.35. The number of rotatable bonds is 3. The lowest BCUT2D eigenvalue weighted by molar-refractivity contribution is -0.128. The van der Waals surface area contributed by atoms with Gasteiger partial charge in [-0.05, 0) is 37.3 Å². The summed E-state index contributed by atoms with van der Waals surface area (Å²) in [6.45, 7) is 0. The molecule has 0 N–H and O–H groups in total. The Balaban J connectivity index is 1.59. The Morgan fingerprint density at radius 3 is 2.52 bits per heavy atom. The third-order valence-corrected chi connectivity index (χ3v) is 5.22. The molecule has 0 saturated heterocycles. The number of carbonyl (C=O) groups excluding carboxylic acids is 2. The van der Waals surface area contributed by atoms with Gasteiger partial charge in [-0.2, -0.15) is 0 Å². The number of carbonyl (C=O) groups is 2. The van der Waals surface area contributed by atoms with Gasteiger partial charge in [0.1, 0.15) is 5.71 Å². The fourth-order valence-corrected chi connectivity index (χ4v) is 3.88. The fraction of sp³-hybridized carbons (Fsp3) is 0.526. The highest BCUT2D eigenvalue weighted by Gasteiger charge is 2.40. The molecule has 1 atom stereocenters. The van der Waals surface area contributed by atoms with Crippen molar-refractivity contribution in [1.82, 2.24) is 4.90 Å². The minimum Gasteiger partial charge on any atom is -0.331 e. The normalized spacial score (nSPS) is 27.3. The monoisotopic (exact) mass is 310 g/mol. The fourth-order valence-electron chi connectivity index (χ4n) is 3.88. The maximum Gasteiger partial charge on any atom is 0.273 e. The van der Waals surface area contributed by atoms with E-state index in [2.05, 4.69) is 4.99 Å². The van der Waals surface area contributed by atoms with Crippen LogP contribution < -0.4 is 0 Å². The second kappa shape index (κ2) is 5.91. The van der Waals surface area contributed by atoms with Crippen LogP contribution in [0.15, 0.2) is 40.9 Å². The van der Waals surface area contributed by atoms with Gasteiger partial charge in [0.2, 0.25) is 0 Å². The van der Waals surface area contributed by atoms with E-state index in [1.165, 1.54) is 19.3 Å². The van der Waals surface area contributed by atoms with Crippen molar-refractivity contribution in [3.8, 4) is 0 Å². The second-order valence-electron chi connectivity index (χ2n) is 6.94. The molecular formula is C19H22N2O2. The highest BCUT2D eigenvalue weighted by atomic mass is 16.2. The van der Waals surface area contributed by atoms with Crippen molar-refractivity contribution >= 4 is 17.5 Å². The van der Waals surface area contributed by atoms with Crippen LogP contribution in [0.4, 0.5) is 0 Å². The molecule has 0 aromatic rings. The summed E-state index contributed by atoms with van der Waals surface area (Å²) < 4.78 is 0. The summed E-state index contributed by atoms with van der Waals surface area (Å²) in [4.78, 5) is 31.5. The number of dihydropyridines is 1. The molecular weight excluding hydrogens is 288 g/mol. The van der Waals surface area contributed by atoms with Gasteiger partial charge < -0.3 is 4.90 Å². The van der Waals surface area contributed by atoms with Crippen LogP contribution in [-0.2, 0) is 9.59 Å². The Labute approximate surface area is 136 Å². The van der Waals surface area contributed by atoms with E-state index in [0.717, 1.165) is 31.3 Å².